The van der Waals surface area contributed by atoms with Crippen LogP contribution < -0.4 is 14.8 Å². The Balaban J connectivity index is 1.66. The molecule has 2 aromatic rings. The number of ether oxygens (including phenoxy) is 1. The van der Waals surface area contributed by atoms with E-state index in [0.29, 0.717) is 28.9 Å². The van der Waals surface area contributed by atoms with E-state index in [1.165, 1.54) is 6.07 Å². The summed E-state index contributed by atoms with van der Waals surface area (Å²) >= 11 is 12.0. The lowest BCUT2D eigenvalue weighted by molar-refractivity contribution is 0.325. The first-order valence-electron chi connectivity index (χ1n) is 7.33. The molecule has 0 bridgehead atoms. The van der Waals surface area contributed by atoms with Crippen LogP contribution in [0.25, 0.3) is 0 Å². The van der Waals surface area contributed by atoms with Gasteiger partial charge in [-0.05, 0) is 42.3 Å². The number of nitrogens with two attached hydrogens (primary N) is 1. The topological polar surface area (TPSA) is 72.6 Å². The second-order valence-electron chi connectivity index (χ2n) is 5.50. The van der Waals surface area contributed by atoms with Crippen LogP contribution in [-0.2, 0) is 16.4 Å². The van der Waals surface area contributed by atoms with Crippen molar-refractivity contribution < 1.29 is 13.2 Å². The van der Waals surface area contributed by atoms with Crippen molar-refractivity contribution >= 4 is 38.9 Å². The maximum atomic E-state index is 11.4. The number of nitrogens with zero attached hydrogens (tertiary/aromatic N) is 1. The van der Waals surface area contributed by atoms with Gasteiger partial charge in [-0.25, -0.2) is 13.6 Å². The zero-order valence-electron chi connectivity index (χ0n) is 12.7. The Morgan fingerprint density at radius 1 is 1.17 bits per heavy atom. The minimum atomic E-state index is -3.67. The zero-order chi connectivity index (χ0) is 17.3. The zero-order valence-corrected chi connectivity index (χ0v) is 15.0. The summed E-state index contributed by atoms with van der Waals surface area (Å²) in [5.74, 6) is 0.549. The molecule has 3 rings (SSSR count). The summed E-state index contributed by atoms with van der Waals surface area (Å²) in [5, 5.41) is 6.25. The molecular weight excluding hydrogens is 371 g/mol. The second kappa shape index (κ2) is 6.80. The standard InChI is InChI=1S/C16H16Cl2N2O3S/c17-12-1-3-14(18)16(10-12)23-8-7-20-6-5-11-9-13(24(19,21)22)2-4-15(11)20/h1-4,9-10H,5-8H2,(H2,19,21,22). The monoisotopic (exact) mass is 386 g/mol. The molecule has 128 valence electrons. The van der Waals surface area contributed by atoms with Gasteiger partial charge in [0, 0.05) is 23.3 Å². The summed E-state index contributed by atoms with van der Waals surface area (Å²) in [6.07, 6.45) is 0.774. The number of halogens is 2. The highest BCUT2D eigenvalue weighted by molar-refractivity contribution is 7.89. The Hall–Kier alpha value is -1.47. The minimum absolute atomic E-state index is 0.144. The van der Waals surface area contributed by atoms with Gasteiger partial charge in [0.2, 0.25) is 10.0 Å². The highest BCUT2D eigenvalue weighted by Gasteiger charge is 2.21. The van der Waals surface area contributed by atoms with Gasteiger partial charge in [-0.3, -0.25) is 0 Å². The molecule has 1 aliphatic rings. The van der Waals surface area contributed by atoms with Crippen molar-refractivity contribution in [3.63, 3.8) is 0 Å². The van der Waals surface area contributed by atoms with E-state index in [-0.39, 0.29) is 4.90 Å². The molecule has 0 spiro atoms. The second-order valence-corrected chi connectivity index (χ2v) is 7.90. The molecule has 0 saturated carbocycles. The number of hydrogen-bond acceptors (Lipinski definition) is 4. The van der Waals surface area contributed by atoms with Gasteiger partial charge in [-0.2, -0.15) is 0 Å². The summed E-state index contributed by atoms with van der Waals surface area (Å²) in [6, 6.07) is 10.0. The normalized spacial score (nSPS) is 13.9. The number of primary sulfonamides is 1. The molecule has 1 heterocycles. The molecule has 0 saturated heterocycles. The van der Waals surface area contributed by atoms with Gasteiger partial charge in [0.1, 0.15) is 12.4 Å². The number of benzene rings is 2. The molecule has 0 aromatic heterocycles. The van der Waals surface area contributed by atoms with Gasteiger partial charge in [0.15, 0.2) is 0 Å². The first-order chi connectivity index (χ1) is 11.3. The molecule has 2 N–H and O–H groups in total. The molecule has 0 atom stereocenters. The minimum Gasteiger partial charge on any atom is -0.490 e. The summed E-state index contributed by atoms with van der Waals surface area (Å²) in [7, 11) is -3.67. The van der Waals surface area contributed by atoms with E-state index in [1.54, 1.807) is 30.3 Å². The predicted octanol–water partition coefficient (Wildman–Crippen LogP) is 3.08. The van der Waals surface area contributed by atoms with E-state index in [2.05, 4.69) is 4.90 Å². The summed E-state index contributed by atoms with van der Waals surface area (Å²) < 4.78 is 28.5. The van der Waals surface area contributed by atoms with Crippen molar-refractivity contribution in [2.75, 3.05) is 24.6 Å². The van der Waals surface area contributed by atoms with Crippen molar-refractivity contribution in [3.05, 3.63) is 52.0 Å². The average molecular weight is 387 g/mol. The Bertz CT molecular complexity index is 872. The third kappa shape index (κ3) is 3.78. The van der Waals surface area contributed by atoms with Crippen LogP contribution >= 0.6 is 23.2 Å². The molecule has 0 aliphatic carbocycles. The number of hydrogen-bond donors (Lipinski definition) is 1. The third-order valence-corrected chi connectivity index (χ3v) is 5.34. The lowest BCUT2D eigenvalue weighted by Crippen LogP contribution is -2.26. The van der Waals surface area contributed by atoms with E-state index < -0.39 is 10.0 Å². The van der Waals surface area contributed by atoms with E-state index in [4.69, 9.17) is 33.1 Å². The number of anilines is 1. The van der Waals surface area contributed by atoms with Gasteiger partial charge >= 0.3 is 0 Å². The van der Waals surface area contributed by atoms with Crippen LogP contribution in [0.15, 0.2) is 41.3 Å². The quantitative estimate of drug-likeness (QED) is 0.856. The van der Waals surface area contributed by atoms with Gasteiger partial charge in [0.25, 0.3) is 0 Å². The third-order valence-electron chi connectivity index (χ3n) is 3.88. The summed E-state index contributed by atoms with van der Waals surface area (Å²) in [6.45, 7) is 1.90. The Labute approximate surface area is 151 Å². The molecule has 0 radical (unpaired) electrons. The van der Waals surface area contributed by atoms with Crippen molar-refractivity contribution in [1.29, 1.82) is 0 Å². The molecule has 0 unspecified atom stereocenters. The van der Waals surface area contributed by atoms with E-state index in [0.717, 1.165) is 24.2 Å². The van der Waals surface area contributed by atoms with Gasteiger partial charge in [-0.15, -0.1) is 0 Å². The van der Waals surface area contributed by atoms with Crippen molar-refractivity contribution in [2.24, 2.45) is 5.14 Å². The van der Waals surface area contributed by atoms with Gasteiger partial charge in [0.05, 0.1) is 16.5 Å². The molecule has 24 heavy (non-hydrogen) atoms. The van der Waals surface area contributed by atoms with Crippen molar-refractivity contribution in [1.82, 2.24) is 0 Å². The Kier molecular flexibility index (Phi) is 4.92. The van der Waals surface area contributed by atoms with E-state index >= 15 is 0 Å². The van der Waals surface area contributed by atoms with Gasteiger partial charge in [-0.1, -0.05) is 23.2 Å². The summed E-state index contributed by atoms with van der Waals surface area (Å²) in [4.78, 5) is 2.28. The van der Waals surface area contributed by atoms with Crippen molar-refractivity contribution in [3.8, 4) is 5.75 Å². The highest BCUT2D eigenvalue weighted by Crippen LogP contribution is 2.30. The average Bonchev–Trinajstić information content (AvgIpc) is 2.92. The van der Waals surface area contributed by atoms with Crippen LogP contribution in [0.5, 0.6) is 5.75 Å². The maximum absolute atomic E-state index is 11.4. The van der Waals surface area contributed by atoms with Crippen LogP contribution in [-0.4, -0.2) is 28.1 Å². The van der Waals surface area contributed by atoms with Crippen LogP contribution in [0, 0.1) is 0 Å². The molecule has 2 aromatic carbocycles. The first kappa shape index (κ1) is 17.4. The van der Waals surface area contributed by atoms with Gasteiger partial charge < -0.3 is 9.64 Å². The Morgan fingerprint density at radius 2 is 1.96 bits per heavy atom. The van der Waals surface area contributed by atoms with Crippen LogP contribution in [0.3, 0.4) is 0 Å². The highest BCUT2D eigenvalue weighted by atomic mass is 35.5. The molecular formula is C16H16Cl2N2O3S. The van der Waals surface area contributed by atoms with Crippen LogP contribution in [0.2, 0.25) is 10.0 Å². The smallest absolute Gasteiger partial charge is 0.238 e. The molecule has 0 amide bonds. The van der Waals surface area contributed by atoms with Crippen LogP contribution in [0.1, 0.15) is 5.56 Å². The molecule has 5 nitrogen and oxygen atoms in total. The largest absolute Gasteiger partial charge is 0.490 e. The van der Waals surface area contributed by atoms with Crippen LogP contribution in [0.4, 0.5) is 5.69 Å². The number of sulfonamides is 1. The fraction of sp³-hybridized carbons (Fsp3) is 0.250. The molecule has 8 heteroatoms. The van der Waals surface area contributed by atoms with Crippen molar-refractivity contribution in [2.45, 2.75) is 11.3 Å². The Morgan fingerprint density at radius 3 is 2.71 bits per heavy atom. The molecule has 1 aliphatic heterocycles. The maximum Gasteiger partial charge on any atom is 0.238 e. The van der Waals surface area contributed by atoms with E-state index in [1.807, 2.05) is 0 Å². The predicted molar refractivity (Wildman–Crippen MR) is 95.7 cm³/mol. The SMILES string of the molecule is NS(=O)(=O)c1ccc2c(c1)CCN2CCOc1cc(Cl)ccc1Cl. The fourth-order valence-corrected chi connectivity index (χ4v) is 3.61. The molecule has 0 fully saturated rings. The van der Waals surface area contributed by atoms with E-state index in [9.17, 15) is 8.42 Å². The number of fused-ring (bicyclic) bond motifs is 1. The lowest BCUT2D eigenvalue weighted by Gasteiger charge is -2.20. The lowest BCUT2D eigenvalue weighted by atomic mass is 10.2. The summed E-state index contributed by atoms with van der Waals surface area (Å²) in [5.41, 5.74) is 1.98. The first-order valence-corrected chi connectivity index (χ1v) is 9.63. The number of rotatable bonds is 5. The fourth-order valence-electron chi connectivity index (χ4n) is 2.71.